The van der Waals surface area contributed by atoms with Crippen molar-refractivity contribution < 1.29 is 28.2 Å². The number of hydrogen-bond donors (Lipinski definition) is 0. The quantitative estimate of drug-likeness (QED) is 0.143. The first-order valence-corrected chi connectivity index (χ1v) is 17.9. The first kappa shape index (κ1) is 35.6. The smallest absolute Gasteiger partial charge is 0.261 e. The molecule has 0 aliphatic rings. The van der Waals surface area contributed by atoms with Gasteiger partial charge in [0.05, 0.1) is 34.5 Å². The van der Waals surface area contributed by atoms with Crippen LogP contribution in [0, 0.1) is 0 Å². The Kier molecular flexibility index (Phi) is 11.8. The molecule has 4 aromatic rings. The van der Waals surface area contributed by atoms with Gasteiger partial charge in [0.15, 0.2) is 23.0 Å². The molecule has 8 heteroatoms. The number of amides is 1. The second kappa shape index (κ2) is 15.5. The molecule has 250 valence electrons. The van der Waals surface area contributed by atoms with Crippen molar-refractivity contribution in [3.63, 3.8) is 0 Å². The van der Waals surface area contributed by atoms with E-state index in [1.165, 1.54) is 10.4 Å². The molecular formula is C39H49NO6Si. The Morgan fingerprint density at radius 1 is 0.723 bits per heavy atom. The lowest BCUT2D eigenvalue weighted by Gasteiger charge is -2.43. The Morgan fingerprint density at radius 3 is 1.72 bits per heavy atom. The van der Waals surface area contributed by atoms with Crippen LogP contribution in [0.25, 0.3) is 0 Å². The van der Waals surface area contributed by atoms with Crippen molar-refractivity contribution in [1.82, 2.24) is 4.90 Å². The number of rotatable bonds is 14. The first-order chi connectivity index (χ1) is 22.5. The Labute approximate surface area is 281 Å². The van der Waals surface area contributed by atoms with Crippen molar-refractivity contribution in [1.29, 1.82) is 0 Å². The van der Waals surface area contributed by atoms with E-state index >= 15 is 0 Å². The summed E-state index contributed by atoms with van der Waals surface area (Å²) in [6, 6.07) is 30.9. The Bertz CT molecular complexity index is 1580. The maximum atomic E-state index is 12.9. The van der Waals surface area contributed by atoms with Gasteiger partial charge in [0.25, 0.3) is 8.32 Å². The lowest BCUT2D eigenvalue weighted by Crippen LogP contribution is -2.66. The fraction of sp³-hybridized carbons (Fsp3) is 0.359. The number of carbonyl (C=O) groups is 1. The van der Waals surface area contributed by atoms with Gasteiger partial charge >= 0.3 is 0 Å². The number of nitrogens with zero attached hydrogens (tertiary/aromatic N) is 1. The fourth-order valence-electron chi connectivity index (χ4n) is 6.45. The van der Waals surface area contributed by atoms with E-state index in [0.29, 0.717) is 42.4 Å². The van der Waals surface area contributed by atoms with E-state index in [4.69, 9.17) is 23.4 Å². The van der Waals surface area contributed by atoms with Gasteiger partial charge in [-0.2, -0.15) is 0 Å². The summed E-state index contributed by atoms with van der Waals surface area (Å²) in [5, 5.41) is 2.31. The molecule has 0 fully saturated rings. The van der Waals surface area contributed by atoms with Gasteiger partial charge in [0, 0.05) is 20.6 Å². The third-order valence-corrected chi connectivity index (χ3v) is 14.0. The molecule has 1 unspecified atom stereocenters. The SMILES string of the molecule is COc1ccc(CC(c2cc(OC)c(OC)cc2CCO[Si](c2ccccc2)(c2ccccc2)C(C)(C)C)N(C)C(C)=O)cc1OC. The molecule has 1 amide bonds. The van der Waals surface area contributed by atoms with Crippen molar-refractivity contribution in [3.05, 3.63) is 108 Å². The van der Waals surface area contributed by atoms with Crippen LogP contribution >= 0.6 is 0 Å². The van der Waals surface area contributed by atoms with E-state index in [1.807, 2.05) is 37.4 Å². The minimum Gasteiger partial charge on any atom is -0.493 e. The van der Waals surface area contributed by atoms with Crippen molar-refractivity contribution in [3.8, 4) is 23.0 Å². The Morgan fingerprint density at radius 2 is 1.23 bits per heavy atom. The van der Waals surface area contributed by atoms with Gasteiger partial charge in [0.2, 0.25) is 5.91 Å². The summed E-state index contributed by atoms with van der Waals surface area (Å²) in [6.45, 7) is 8.91. The van der Waals surface area contributed by atoms with E-state index in [1.54, 1.807) is 40.3 Å². The molecule has 0 aliphatic carbocycles. The van der Waals surface area contributed by atoms with Crippen LogP contribution in [0.2, 0.25) is 5.04 Å². The van der Waals surface area contributed by atoms with E-state index in [9.17, 15) is 4.79 Å². The zero-order valence-electron chi connectivity index (χ0n) is 29.3. The summed E-state index contributed by atoms with van der Waals surface area (Å²) in [6.07, 6.45) is 1.16. The van der Waals surface area contributed by atoms with Gasteiger partial charge in [-0.25, -0.2) is 0 Å². The summed E-state index contributed by atoms with van der Waals surface area (Å²) in [5.41, 5.74) is 3.00. The summed E-state index contributed by atoms with van der Waals surface area (Å²) < 4.78 is 29.9. The van der Waals surface area contributed by atoms with Crippen molar-refractivity contribution in [2.24, 2.45) is 0 Å². The first-order valence-electron chi connectivity index (χ1n) is 15.9. The third-order valence-electron chi connectivity index (χ3n) is 8.95. The molecule has 1 atom stereocenters. The zero-order valence-corrected chi connectivity index (χ0v) is 30.3. The summed E-state index contributed by atoms with van der Waals surface area (Å²) >= 11 is 0. The normalized spacial score (nSPS) is 12.3. The molecule has 7 nitrogen and oxygen atoms in total. The number of hydrogen-bond acceptors (Lipinski definition) is 6. The molecule has 47 heavy (non-hydrogen) atoms. The Balaban J connectivity index is 1.80. The average Bonchev–Trinajstić information content (AvgIpc) is 3.08. The van der Waals surface area contributed by atoms with Crippen molar-refractivity contribution >= 4 is 24.6 Å². The highest BCUT2D eigenvalue weighted by Gasteiger charge is 2.50. The zero-order chi connectivity index (χ0) is 34.2. The molecule has 0 aromatic heterocycles. The second-order valence-electron chi connectivity index (χ2n) is 12.7. The lowest BCUT2D eigenvalue weighted by molar-refractivity contribution is -0.129. The molecule has 0 spiro atoms. The number of benzene rings is 4. The second-order valence-corrected chi connectivity index (χ2v) is 17.0. The predicted octanol–water partition coefficient (Wildman–Crippen LogP) is 6.60. The maximum Gasteiger partial charge on any atom is 0.261 e. The maximum absolute atomic E-state index is 12.9. The largest absolute Gasteiger partial charge is 0.493 e. The highest BCUT2D eigenvalue weighted by molar-refractivity contribution is 6.99. The molecule has 0 N–H and O–H groups in total. The Hall–Kier alpha value is -4.27. The molecule has 0 heterocycles. The van der Waals surface area contributed by atoms with Crippen molar-refractivity contribution in [2.45, 2.75) is 51.6 Å². The van der Waals surface area contributed by atoms with Gasteiger partial charge in [0.1, 0.15) is 0 Å². The minimum atomic E-state index is -2.75. The van der Waals surface area contributed by atoms with Gasteiger partial charge < -0.3 is 28.3 Å². The van der Waals surface area contributed by atoms with E-state index in [-0.39, 0.29) is 17.0 Å². The molecular weight excluding hydrogens is 607 g/mol. The third kappa shape index (κ3) is 7.66. The van der Waals surface area contributed by atoms with Crippen LogP contribution in [0.4, 0.5) is 0 Å². The number of carbonyl (C=O) groups excluding carboxylic acids is 1. The van der Waals surface area contributed by atoms with Crippen LogP contribution in [0.15, 0.2) is 91.0 Å². The predicted molar refractivity (Wildman–Crippen MR) is 191 cm³/mol. The van der Waals surface area contributed by atoms with Gasteiger partial charge in [-0.1, -0.05) is 87.5 Å². The van der Waals surface area contributed by atoms with Crippen LogP contribution in [-0.2, 0) is 22.1 Å². The highest BCUT2D eigenvalue weighted by Crippen LogP contribution is 2.40. The van der Waals surface area contributed by atoms with Crippen LogP contribution < -0.4 is 29.3 Å². The monoisotopic (exact) mass is 655 g/mol. The molecule has 4 rings (SSSR count). The molecule has 0 aliphatic heterocycles. The number of likely N-dealkylation sites (N-methyl/N-ethyl adjacent to an activating group) is 1. The fourth-order valence-corrected chi connectivity index (χ4v) is 11.0. The van der Waals surface area contributed by atoms with Crippen LogP contribution in [0.3, 0.4) is 0 Å². The van der Waals surface area contributed by atoms with Crippen molar-refractivity contribution in [2.75, 3.05) is 42.1 Å². The average molecular weight is 656 g/mol. The highest BCUT2D eigenvalue weighted by atomic mass is 28.4. The molecule has 0 radical (unpaired) electrons. The minimum absolute atomic E-state index is 0.0419. The van der Waals surface area contributed by atoms with Crippen LogP contribution in [-0.4, -0.2) is 61.2 Å². The topological polar surface area (TPSA) is 66.5 Å². The lowest BCUT2D eigenvalue weighted by atomic mass is 9.91. The summed E-state index contributed by atoms with van der Waals surface area (Å²) in [4.78, 5) is 14.7. The van der Waals surface area contributed by atoms with Crippen LogP contribution in [0.5, 0.6) is 23.0 Å². The van der Waals surface area contributed by atoms with Gasteiger partial charge in [-0.3, -0.25) is 4.79 Å². The standard InChI is InChI=1S/C39H49NO6Si/c1-28(41)40(5)34(24-29-20-21-35(42-6)36(25-29)43-7)33-27-38(45-9)37(44-8)26-30(33)22-23-46-47(39(2,3)4,31-16-12-10-13-17-31)32-18-14-11-15-19-32/h10-21,25-27,34H,22-24H2,1-9H3. The van der Waals surface area contributed by atoms with E-state index in [2.05, 4.69) is 81.4 Å². The summed E-state index contributed by atoms with van der Waals surface area (Å²) in [7, 11) is 5.60. The summed E-state index contributed by atoms with van der Waals surface area (Å²) in [5.74, 6) is 2.49. The number of ether oxygens (including phenoxy) is 4. The van der Waals surface area contributed by atoms with E-state index in [0.717, 1.165) is 16.7 Å². The molecule has 0 saturated carbocycles. The van der Waals surface area contributed by atoms with Crippen LogP contribution in [0.1, 0.15) is 50.4 Å². The molecule has 4 aromatic carbocycles. The number of methoxy groups -OCH3 is 4. The molecule has 0 bridgehead atoms. The van der Waals surface area contributed by atoms with E-state index < -0.39 is 8.32 Å². The van der Waals surface area contributed by atoms with Gasteiger partial charge in [-0.15, -0.1) is 0 Å². The molecule has 0 saturated heterocycles. The van der Waals surface area contributed by atoms with Gasteiger partial charge in [-0.05, 0) is 69.2 Å².